The van der Waals surface area contributed by atoms with Crippen LogP contribution in [0.15, 0.2) is 24.3 Å². The van der Waals surface area contributed by atoms with Gasteiger partial charge in [-0.15, -0.1) is 0 Å². The van der Waals surface area contributed by atoms with Gasteiger partial charge in [-0.25, -0.2) is 12.8 Å². The van der Waals surface area contributed by atoms with E-state index in [4.69, 9.17) is 10.5 Å². The summed E-state index contributed by atoms with van der Waals surface area (Å²) >= 11 is 0. The third kappa shape index (κ3) is 2.97. The Morgan fingerprint density at radius 1 is 1.32 bits per heavy atom. The van der Waals surface area contributed by atoms with Gasteiger partial charge in [0.15, 0.2) is 21.4 Å². The number of para-hydroxylation sites is 1. The first-order valence-electron chi connectivity index (χ1n) is 7.93. The van der Waals surface area contributed by atoms with Crippen molar-refractivity contribution in [1.29, 1.82) is 0 Å². The number of nitrogens with zero attached hydrogens (tertiary/aromatic N) is 1. The summed E-state index contributed by atoms with van der Waals surface area (Å²) in [5.74, 6) is -2.24. The predicted octanol–water partition coefficient (Wildman–Crippen LogP) is 0.0956. The Bertz CT molecular complexity index is 804. The molecule has 2 aliphatic rings. The number of hydrogen-bond acceptors (Lipinski definition) is 5. The van der Waals surface area contributed by atoms with Gasteiger partial charge in [-0.2, -0.15) is 0 Å². The zero-order valence-corrected chi connectivity index (χ0v) is 14.3. The van der Waals surface area contributed by atoms with Crippen LogP contribution in [0.2, 0.25) is 0 Å². The summed E-state index contributed by atoms with van der Waals surface area (Å²) in [6.07, 6.45) is 0.196. The first-order valence-corrected chi connectivity index (χ1v) is 9.59. The normalized spacial score (nSPS) is 23.2. The molecule has 2 amide bonds. The van der Waals surface area contributed by atoms with Gasteiger partial charge in [0.25, 0.3) is 0 Å². The Morgan fingerprint density at radius 2 is 2.00 bits per heavy atom. The molecular formula is C16H19FN2O5S. The van der Waals surface area contributed by atoms with E-state index in [9.17, 15) is 22.4 Å². The number of primary amides is 1. The van der Waals surface area contributed by atoms with Crippen LogP contribution >= 0.6 is 0 Å². The van der Waals surface area contributed by atoms with E-state index in [1.165, 1.54) is 23.1 Å². The predicted molar refractivity (Wildman–Crippen MR) is 86.9 cm³/mol. The lowest BCUT2D eigenvalue weighted by Crippen LogP contribution is -2.69. The van der Waals surface area contributed by atoms with E-state index < -0.39 is 32.2 Å². The van der Waals surface area contributed by atoms with Gasteiger partial charge in [0.2, 0.25) is 11.8 Å². The average molecular weight is 370 g/mol. The van der Waals surface area contributed by atoms with Crippen LogP contribution in [0.25, 0.3) is 0 Å². The Labute approximate surface area is 144 Å². The van der Waals surface area contributed by atoms with Gasteiger partial charge in [-0.1, -0.05) is 12.1 Å². The van der Waals surface area contributed by atoms with E-state index in [2.05, 4.69) is 0 Å². The lowest BCUT2D eigenvalue weighted by atomic mass is 9.82. The SMILES string of the molecule is NC(=O)C1CCS(=O)(=O)C12CN(C(=O)CCOc1ccccc1F)C2. The minimum atomic E-state index is -3.46. The number of amides is 2. The molecule has 2 fully saturated rings. The van der Waals surface area contributed by atoms with Crippen LogP contribution in [0.3, 0.4) is 0 Å². The standard InChI is InChI=1S/C16H19FN2O5S/c17-12-3-1-2-4-13(12)24-7-5-14(20)19-9-16(10-19)11(15(18)21)6-8-25(16,22)23/h1-4,11H,5-10H2,(H2,18,21). The maximum absolute atomic E-state index is 13.4. The van der Waals surface area contributed by atoms with Gasteiger partial charge in [0, 0.05) is 13.1 Å². The Morgan fingerprint density at radius 3 is 2.64 bits per heavy atom. The van der Waals surface area contributed by atoms with E-state index in [1.807, 2.05) is 0 Å². The van der Waals surface area contributed by atoms with Crippen molar-refractivity contribution in [3.05, 3.63) is 30.1 Å². The van der Waals surface area contributed by atoms with Gasteiger partial charge in [-0.3, -0.25) is 9.59 Å². The molecule has 0 saturated carbocycles. The number of benzene rings is 1. The van der Waals surface area contributed by atoms with Gasteiger partial charge < -0.3 is 15.4 Å². The number of halogens is 1. The summed E-state index contributed by atoms with van der Waals surface area (Å²) in [7, 11) is -3.46. The third-order valence-electron chi connectivity index (χ3n) is 4.95. The molecule has 1 spiro atoms. The van der Waals surface area contributed by atoms with E-state index in [0.29, 0.717) is 0 Å². The van der Waals surface area contributed by atoms with E-state index in [0.717, 1.165) is 0 Å². The second-order valence-electron chi connectivity index (χ2n) is 6.41. The van der Waals surface area contributed by atoms with Gasteiger partial charge in [0.05, 0.1) is 24.7 Å². The molecule has 2 heterocycles. The number of likely N-dealkylation sites (tertiary alicyclic amines) is 1. The third-order valence-corrected chi connectivity index (χ3v) is 7.51. The summed E-state index contributed by atoms with van der Waals surface area (Å²) in [6, 6.07) is 5.87. The highest BCUT2D eigenvalue weighted by molar-refractivity contribution is 7.93. The molecule has 2 N–H and O–H groups in total. The second-order valence-corrected chi connectivity index (χ2v) is 8.86. The maximum atomic E-state index is 13.4. The fourth-order valence-corrected chi connectivity index (χ4v) is 5.84. The summed E-state index contributed by atoms with van der Waals surface area (Å²) < 4.78 is 42.0. The van der Waals surface area contributed by atoms with E-state index in [-0.39, 0.29) is 49.9 Å². The first-order chi connectivity index (χ1) is 11.8. The Balaban J connectivity index is 1.56. The lowest BCUT2D eigenvalue weighted by molar-refractivity contribution is -0.140. The first kappa shape index (κ1) is 17.7. The zero-order chi connectivity index (χ0) is 18.2. The lowest BCUT2D eigenvalue weighted by Gasteiger charge is -2.49. The number of rotatable bonds is 5. The Hall–Kier alpha value is -2.16. The smallest absolute Gasteiger partial charge is 0.226 e. The van der Waals surface area contributed by atoms with Crippen molar-refractivity contribution >= 4 is 21.7 Å². The van der Waals surface area contributed by atoms with Crippen molar-refractivity contribution in [3.8, 4) is 5.75 Å². The second kappa shape index (κ2) is 6.29. The van der Waals surface area contributed by atoms with Crippen molar-refractivity contribution in [1.82, 2.24) is 4.90 Å². The van der Waals surface area contributed by atoms with Gasteiger partial charge in [-0.05, 0) is 18.6 Å². The minimum absolute atomic E-state index is 0.00823. The van der Waals surface area contributed by atoms with Crippen molar-refractivity contribution in [2.45, 2.75) is 17.6 Å². The molecule has 1 unspecified atom stereocenters. The molecule has 25 heavy (non-hydrogen) atoms. The summed E-state index contributed by atoms with van der Waals surface area (Å²) in [6.45, 7) is -0.0712. The van der Waals surface area contributed by atoms with Gasteiger partial charge >= 0.3 is 0 Å². The number of sulfone groups is 1. The molecule has 1 aromatic carbocycles. The highest BCUT2D eigenvalue weighted by Gasteiger charge is 2.64. The highest BCUT2D eigenvalue weighted by Crippen LogP contribution is 2.44. The van der Waals surface area contributed by atoms with E-state index >= 15 is 0 Å². The molecule has 136 valence electrons. The summed E-state index contributed by atoms with van der Waals surface area (Å²) in [5, 5.41) is 0. The van der Waals surface area contributed by atoms with Crippen LogP contribution in [-0.4, -0.2) is 55.3 Å². The average Bonchev–Trinajstić information content (AvgIpc) is 2.79. The maximum Gasteiger partial charge on any atom is 0.226 e. The largest absolute Gasteiger partial charge is 0.490 e. The minimum Gasteiger partial charge on any atom is -0.490 e. The van der Waals surface area contributed by atoms with Crippen molar-refractivity contribution < 1.29 is 27.1 Å². The van der Waals surface area contributed by atoms with Crippen molar-refractivity contribution in [3.63, 3.8) is 0 Å². The number of nitrogens with two attached hydrogens (primary N) is 1. The molecule has 7 nitrogen and oxygen atoms in total. The molecule has 0 aliphatic carbocycles. The summed E-state index contributed by atoms with van der Waals surface area (Å²) in [4.78, 5) is 25.1. The van der Waals surface area contributed by atoms with Crippen molar-refractivity contribution in [2.24, 2.45) is 11.7 Å². The molecule has 0 aromatic heterocycles. The van der Waals surface area contributed by atoms with Gasteiger partial charge in [0.1, 0.15) is 4.75 Å². The van der Waals surface area contributed by atoms with Crippen LogP contribution in [0.4, 0.5) is 4.39 Å². The molecule has 1 atom stereocenters. The molecule has 0 radical (unpaired) electrons. The molecule has 2 saturated heterocycles. The molecule has 2 aliphatic heterocycles. The molecule has 3 rings (SSSR count). The van der Waals surface area contributed by atoms with Crippen LogP contribution in [0, 0.1) is 11.7 Å². The quantitative estimate of drug-likeness (QED) is 0.791. The number of carbonyl (C=O) groups excluding carboxylic acids is 2. The van der Waals surface area contributed by atoms with Crippen LogP contribution in [0.5, 0.6) is 5.75 Å². The molecule has 9 heteroatoms. The fourth-order valence-electron chi connectivity index (χ4n) is 3.52. The number of hydrogen-bond donors (Lipinski definition) is 1. The van der Waals surface area contributed by atoms with Crippen LogP contribution < -0.4 is 10.5 Å². The molecular weight excluding hydrogens is 351 g/mol. The van der Waals surface area contributed by atoms with Crippen LogP contribution in [0.1, 0.15) is 12.8 Å². The van der Waals surface area contributed by atoms with Crippen LogP contribution in [-0.2, 0) is 19.4 Å². The fraction of sp³-hybridized carbons (Fsp3) is 0.500. The zero-order valence-electron chi connectivity index (χ0n) is 13.5. The summed E-state index contributed by atoms with van der Waals surface area (Å²) in [5.41, 5.74) is 5.32. The van der Waals surface area contributed by atoms with E-state index in [1.54, 1.807) is 6.07 Å². The monoisotopic (exact) mass is 370 g/mol. The molecule has 0 bridgehead atoms. The van der Waals surface area contributed by atoms with Crippen molar-refractivity contribution in [2.75, 3.05) is 25.4 Å². The number of carbonyl (C=O) groups is 2. The molecule has 1 aromatic rings. The highest BCUT2D eigenvalue weighted by atomic mass is 32.2. The topological polar surface area (TPSA) is 107 Å². The Kier molecular flexibility index (Phi) is 4.44. The number of ether oxygens (including phenoxy) is 1.